The first-order chi connectivity index (χ1) is 27.7. The van der Waals surface area contributed by atoms with Gasteiger partial charge in [0.15, 0.2) is 17.5 Å². The molecule has 56 heavy (non-hydrogen) atoms. The summed E-state index contributed by atoms with van der Waals surface area (Å²) in [6, 6.07) is 64.5. The molecule has 0 aliphatic rings. The molecule has 0 unspecified atom stereocenters. The average molecular weight is 718 g/mol. The van der Waals surface area contributed by atoms with Crippen molar-refractivity contribution in [2.24, 2.45) is 0 Å². The largest absolute Gasteiger partial charge is 0.456 e. The van der Waals surface area contributed by atoms with Crippen LogP contribution in [0.3, 0.4) is 0 Å². The second-order valence-corrected chi connectivity index (χ2v) is 13.9. The Morgan fingerprint density at radius 2 is 0.679 bits per heavy atom. The first kappa shape index (κ1) is 31.9. The summed E-state index contributed by atoms with van der Waals surface area (Å²) in [5, 5.41) is 4.27. The van der Waals surface area contributed by atoms with Crippen LogP contribution in [0.4, 0.5) is 0 Å². The molecule has 0 spiro atoms. The number of hydrogen-bond donors (Lipinski definition) is 0. The maximum absolute atomic E-state index is 6.37. The van der Waals surface area contributed by atoms with Crippen LogP contribution in [-0.4, -0.2) is 15.0 Å². The van der Waals surface area contributed by atoms with Crippen molar-refractivity contribution in [2.75, 3.05) is 0 Å². The SMILES string of the molecule is c1ccc(-c2nc(-c3cc(-c4cccc5oc6ccccc6c45)cc(-c4cccc5oc6ccccc6c45)c3)nc(-c3ccccc3-c3ccccc3)n2)cc1. The highest BCUT2D eigenvalue weighted by atomic mass is 16.3. The molecule has 262 valence electrons. The average Bonchev–Trinajstić information content (AvgIpc) is 3.85. The molecule has 0 saturated carbocycles. The Hall–Kier alpha value is -7.63. The van der Waals surface area contributed by atoms with E-state index < -0.39 is 0 Å². The normalized spacial score (nSPS) is 11.6. The van der Waals surface area contributed by atoms with Crippen molar-refractivity contribution in [1.29, 1.82) is 0 Å². The first-order valence-corrected chi connectivity index (χ1v) is 18.7. The molecule has 5 heteroatoms. The zero-order valence-corrected chi connectivity index (χ0v) is 30.1. The van der Waals surface area contributed by atoms with E-state index in [1.54, 1.807) is 0 Å². The maximum atomic E-state index is 6.37. The Morgan fingerprint density at radius 3 is 1.27 bits per heavy atom. The summed E-state index contributed by atoms with van der Waals surface area (Å²) in [7, 11) is 0. The van der Waals surface area contributed by atoms with Crippen LogP contribution in [0.5, 0.6) is 0 Å². The highest BCUT2D eigenvalue weighted by Gasteiger charge is 2.20. The van der Waals surface area contributed by atoms with E-state index in [9.17, 15) is 0 Å². The number of para-hydroxylation sites is 2. The smallest absolute Gasteiger partial charge is 0.164 e. The number of nitrogens with zero attached hydrogens (tertiary/aromatic N) is 3. The predicted molar refractivity (Wildman–Crippen MR) is 227 cm³/mol. The number of hydrogen-bond acceptors (Lipinski definition) is 5. The van der Waals surface area contributed by atoms with Crippen molar-refractivity contribution in [1.82, 2.24) is 15.0 Å². The summed E-state index contributed by atoms with van der Waals surface area (Å²) < 4.78 is 12.7. The van der Waals surface area contributed by atoms with E-state index in [0.717, 1.165) is 93.9 Å². The molecule has 11 rings (SSSR count). The lowest BCUT2D eigenvalue weighted by atomic mass is 9.92. The molecule has 0 atom stereocenters. The Balaban J connectivity index is 1.21. The minimum Gasteiger partial charge on any atom is -0.456 e. The van der Waals surface area contributed by atoms with Gasteiger partial charge >= 0.3 is 0 Å². The molecule has 0 saturated heterocycles. The molecule has 0 bridgehead atoms. The third-order valence-corrected chi connectivity index (χ3v) is 10.5. The van der Waals surface area contributed by atoms with Crippen LogP contribution < -0.4 is 0 Å². The third kappa shape index (κ3) is 5.37. The lowest BCUT2D eigenvalue weighted by Crippen LogP contribution is -2.01. The first-order valence-electron chi connectivity index (χ1n) is 18.7. The number of benzene rings is 8. The second-order valence-electron chi connectivity index (χ2n) is 13.9. The van der Waals surface area contributed by atoms with E-state index in [1.807, 2.05) is 78.9 Å². The monoisotopic (exact) mass is 717 g/mol. The molecule has 0 N–H and O–H groups in total. The Bertz CT molecular complexity index is 3120. The van der Waals surface area contributed by atoms with Gasteiger partial charge in [-0.3, -0.25) is 0 Å². The van der Waals surface area contributed by atoms with Crippen molar-refractivity contribution >= 4 is 43.9 Å². The molecule has 3 aromatic heterocycles. The van der Waals surface area contributed by atoms with Gasteiger partial charge in [0.05, 0.1) is 0 Å². The van der Waals surface area contributed by atoms with Gasteiger partial charge in [-0.15, -0.1) is 0 Å². The van der Waals surface area contributed by atoms with Crippen LogP contribution in [-0.2, 0) is 0 Å². The van der Waals surface area contributed by atoms with Gasteiger partial charge in [0.1, 0.15) is 22.3 Å². The van der Waals surface area contributed by atoms with Crippen molar-refractivity contribution in [3.05, 3.63) is 188 Å². The van der Waals surface area contributed by atoms with Crippen molar-refractivity contribution in [3.8, 4) is 67.5 Å². The Kier molecular flexibility index (Phi) is 7.42. The zero-order chi connectivity index (χ0) is 37.0. The molecule has 5 nitrogen and oxygen atoms in total. The van der Waals surface area contributed by atoms with Gasteiger partial charge in [-0.2, -0.15) is 0 Å². The molecule has 0 radical (unpaired) electrons. The summed E-state index contributed by atoms with van der Waals surface area (Å²) in [6.45, 7) is 0. The highest BCUT2D eigenvalue weighted by Crippen LogP contribution is 2.43. The highest BCUT2D eigenvalue weighted by molar-refractivity contribution is 6.14. The Labute approximate surface area is 322 Å². The van der Waals surface area contributed by atoms with E-state index in [2.05, 4.69) is 109 Å². The van der Waals surface area contributed by atoms with Gasteiger partial charge < -0.3 is 8.83 Å². The molecular formula is C51H31N3O2. The topological polar surface area (TPSA) is 65.0 Å². The maximum Gasteiger partial charge on any atom is 0.164 e. The second kappa shape index (κ2) is 13.0. The van der Waals surface area contributed by atoms with E-state index in [1.165, 1.54) is 0 Å². The van der Waals surface area contributed by atoms with Gasteiger partial charge in [0.2, 0.25) is 0 Å². The van der Waals surface area contributed by atoms with Crippen molar-refractivity contribution in [3.63, 3.8) is 0 Å². The fourth-order valence-electron chi connectivity index (χ4n) is 7.99. The standard InChI is InChI=1S/C51H31N3O2/c1-3-15-32(16-4-1)37-19-7-8-20-40(37)51-53-49(33-17-5-2-6-18-33)52-50(54-51)36-30-34(38-23-13-27-45-47(38)41-21-9-11-25-43(41)55-45)29-35(31-36)39-24-14-28-46-48(39)42-22-10-12-26-44(42)56-46/h1-31H. The minimum atomic E-state index is 0.577. The molecule has 8 aromatic carbocycles. The number of furan rings is 2. The van der Waals surface area contributed by atoms with E-state index in [4.69, 9.17) is 23.8 Å². The summed E-state index contributed by atoms with van der Waals surface area (Å²) in [6.07, 6.45) is 0. The van der Waals surface area contributed by atoms with Gasteiger partial charge in [0, 0.05) is 38.2 Å². The molecule has 0 fully saturated rings. The van der Waals surface area contributed by atoms with Gasteiger partial charge in [-0.05, 0) is 75.8 Å². The molecule has 11 aromatic rings. The van der Waals surface area contributed by atoms with Crippen LogP contribution >= 0.6 is 0 Å². The Morgan fingerprint density at radius 1 is 0.268 bits per heavy atom. The summed E-state index contributed by atoms with van der Waals surface area (Å²) in [4.78, 5) is 15.7. The van der Waals surface area contributed by atoms with E-state index >= 15 is 0 Å². The quantitative estimate of drug-likeness (QED) is 0.171. The van der Waals surface area contributed by atoms with Crippen molar-refractivity contribution < 1.29 is 8.83 Å². The molecule has 0 aliphatic carbocycles. The van der Waals surface area contributed by atoms with Crippen molar-refractivity contribution in [2.45, 2.75) is 0 Å². The van der Waals surface area contributed by atoms with Crippen LogP contribution in [0.2, 0.25) is 0 Å². The number of rotatable bonds is 6. The number of fused-ring (bicyclic) bond motifs is 6. The fraction of sp³-hybridized carbons (Fsp3) is 0. The third-order valence-electron chi connectivity index (χ3n) is 10.5. The summed E-state index contributed by atoms with van der Waals surface area (Å²) >= 11 is 0. The zero-order valence-electron chi connectivity index (χ0n) is 30.1. The van der Waals surface area contributed by atoms with Crippen LogP contribution in [0.1, 0.15) is 0 Å². The van der Waals surface area contributed by atoms with E-state index in [0.29, 0.717) is 17.5 Å². The van der Waals surface area contributed by atoms with Crippen LogP contribution in [0.15, 0.2) is 197 Å². The van der Waals surface area contributed by atoms with Gasteiger partial charge in [-0.25, -0.2) is 15.0 Å². The van der Waals surface area contributed by atoms with Gasteiger partial charge in [-0.1, -0.05) is 146 Å². The lowest BCUT2D eigenvalue weighted by Gasteiger charge is -2.14. The molecule has 0 aliphatic heterocycles. The minimum absolute atomic E-state index is 0.577. The van der Waals surface area contributed by atoms with Crippen LogP contribution in [0.25, 0.3) is 111 Å². The van der Waals surface area contributed by atoms with E-state index in [-0.39, 0.29) is 0 Å². The summed E-state index contributed by atoms with van der Waals surface area (Å²) in [5.74, 6) is 1.78. The molecular weight excluding hydrogens is 687 g/mol. The fourth-order valence-corrected chi connectivity index (χ4v) is 7.99. The molecule has 3 heterocycles. The van der Waals surface area contributed by atoms with Gasteiger partial charge in [0.25, 0.3) is 0 Å². The molecule has 0 amide bonds. The van der Waals surface area contributed by atoms with Crippen LogP contribution in [0, 0.1) is 0 Å². The predicted octanol–water partition coefficient (Wildman–Crippen LogP) is 13.7. The lowest BCUT2D eigenvalue weighted by molar-refractivity contribution is 0.668. The number of aromatic nitrogens is 3. The summed E-state index contributed by atoms with van der Waals surface area (Å²) in [5.41, 5.74) is 12.4.